The molecular weight excluding hydrogens is 367 g/mol. The number of carbonyl (C=O) groups is 1. The first-order valence-corrected chi connectivity index (χ1v) is 7.95. The van der Waals surface area contributed by atoms with Gasteiger partial charge in [-0.3, -0.25) is 9.78 Å². The summed E-state index contributed by atoms with van der Waals surface area (Å²) in [6.07, 6.45) is 3.25. The van der Waals surface area contributed by atoms with Crippen LogP contribution in [0.4, 0.5) is 0 Å². The maximum Gasteiger partial charge on any atom is 0.258 e. The number of nitrogens with zero attached hydrogens (tertiary/aromatic N) is 3. The number of amides is 1. The number of ether oxygens (including phenoxy) is 1. The summed E-state index contributed by atoms with van der Waals surface area (Å²) in [6, 6.07) is 8.26. The Morgan fingerprint density at radius 2 is 1.96 bits per heavy atom. The molecule has 9 heteroatoms. The van der Waals surface area contributed by atoms with E-state index in [0.717, 1.165) is 5.56 Å². The van der Waals surface area contributed by atoms with E-state index < -0.39 is 0 Å². The van der Waals surface area contributed by atoms with E-state index in [-0.39, 0.29) is 24.9 Å². The van der Waals surface area contributed by atoms with Gasteiger partial charge in [0.2, 0.25) is 11.8 Å². The standard InChI is InChI=1S/C16H12Cl2N4O3/c17-11-1-2-13(12(18)7-11)24-9-14(23)20-8-15-21-22-16(25-15)10-3-5-19-6-4-10/h1-7H,8-9H2,(H,20,23). The third kappa shape index (κ3) is 4.68. The first-order valence-electron chi connectivity index (χ1n) is 7.19. The fourth-order valence-electron chi connectivity index (χ4n) is 1.90. The zero-order valence-electron chi connectivity index (χ0n) is 12.8. The van der Waals surface area contributed by atoms with Crippen LogP contribution in [-0.2, 0) is 11.3 Å². The number of hydrogen-bond donors (Lipinski definition) is 1. The van der Waals surface area contributed by atoms with Crippen LogP contribution in [0.3, 0.4) is 0 Å². The molecule has 0 atom stereocenters. The quantitative estimate of drug-likeness (QED) is 0.708. The van der Waals surface area contributed by atoms with Crippen LogP contribution in [-0.4, -0.2) is 27.7 Å². The Balaban J connectivity index is 1.50. The average Bonchev–Trinajstić information content (AvgIpc) is 3.09. The van der Waals surface area contributed by atoms with E-state index in [1.165, 1.54) is 6.07 Å². The lowest BCUT2D eigenvalue weighted by molar-refractivity contribution is -0.123. The molecule has 1 aromatic carbocycles. The SMILES string of the molecule is O=C(COc1ccc(Cl)cc1Cl)NCc1nnc(-c2ccncc2)o1. The summed E-state index contributed by atoms with van der Waals surface area (Å²) >= 11 is 11.8. The summed E-state index contributed by atoms with van der Waals surface area (Å²) in [7, 11) is 0. The molecule has 0 fully saturated rings. The van der Waals surface area contributed by atoms with E-state index in [1.807, 2.05) is 0 Å². The Morgan fingerprint density at radius 1 is 1.16 bits per heavy atom. The van der Waals surface area contributed by atoms with Crippen molar-refractivity contribution in [2.24, 2.45) is 0 Å². The van der Waals surface area contributed by atoms with E-state index >= 15 is 0 Å². The van der Waals surface area contributed by atoms with Crippen molar-refractivity contribution >= 4 is 29.1 Å². The van der Waals surface area contributed by atoms with Gasteiger partial charge in [-0.2, -0.15) is 0 Å². The van der Waals surface area contributed by atoms with E-state index in [4.69, 9.17) is 32.4 Å². The Bertz CT molecular complexity index is 871. The molecule has 2 aromatic heterocycles. The van der Waals surface area contributed by atoms with Crippen LogP contribution in [0.2, 0.25) is 10.0 Å². The summed E-state index contributed by atoms with van der Waals surface area (Å²) in [5, 5.41) is 11.2. The van der Waals surface area contributed by atoms with Gasteiger partial charge in [0.25, 0.3) is 5.91 Å². The van der Waals surface area contributed by atoms with Gasteiger partial charge in [0.1, 0.15) is 5.75 Å². The zero-order chi connectivity index (χ0) is 17.6. The van der Waals surface area contributed by atoms with Gasteiger partial charge in [-0.15, -0.1) is 10.2 Å². The van der Waals surface area contributed by atoms with E-state index in [9.17, 15) is 4.79 Å². The molecular formula is C16H12Cl2N4O3. The number of benzene rings is 1. The lowest BCUT2D eigenvalue weighted by Crippen LogP contribution is -2.28. The molecule has 0 aliphatic heterocycles. The van der Waals surface area contributed by atoms with E-state index in [2.05, 4.69) is 20.5 Å². The highest BCUT2D eigenvalue weighted by Gasteiger charge is 2.11. The van der Waals surface area contributed by atoms with Gasteiger partial charge in [0, 0.05) is 23.0 Å². The molecule has 3 aromatic rings. The number of halogens is 2. The first-order chi connectivity index (χ1) is 12.1. The predicted octanol–water partition coefficient (Wildman–Crippen LogP) is 3.13. The summed E-state index contributed by atoms with van der Waals surface area (Å²) in [5.41, 5.74) is 0.751. The largest absolute Gasteiger partial charge is 0.482 e. The third-order valence-electron chi connectivity index (χ3n) is 3.08. The van der Waals surface area contributed by atoms with Crippen molar-refractivity contribution in [2.45, 2.75) is 6.54 Å². The molecule has 3 rings (SSSR count). The molecule has 0 saturated carbocycles. The van der Waals surface area contributed by atoms with Crippen molar-refractivity contribution in [3.05, 3.63) is 58.7 Å². The highest BCUT2D eigenvalue weighted by molar-refractivity contribution is 6.35. The first kappa shape index (κ1) is 17.2. The lowest BCUT2D eigenvalue weighted by Gasteiger charge is -2.08. The maximum atomic E-state index is 11.8. The number of hydrogen-bond acceptors (Lipinski definition) is 6. The Kier molecular flexibility index (Phi) is 5.47. The molecule has 7 nitrogen and oxygen atoms in total. The minimum atomic E-state index is -0.352. The van der Waals surface area contributed by atoms with Gasteiger partial charge in [-0.1, -0.05) is 23.2 Å². The minimum Gasteiger partial charge on any atom is -0.482 e. The van der Waals surface area contributed by atoms with Crippen molar-refractivity contribution in [1.29, 1.82) is 0 Å². The van der Waals surface area contributed by atoms with Crippen molar-refractivity contribution in [3.63, 3.8) is 0 Å². The summed E-state index contributed by atoms with van der Waals surface area (Å²) < 4.78 is 10.8. The maximum absolute atomic E-state index is 11.8. The smallest absolute Gasteiger partial charge is 0.258 e. The molecule has 128 valence electrons. The van der Waals surface area contributed by atoms with Gasteiger partial charge < -0.3 is 14.5 Å². The normalized spacial score (nSPS) is 10.5. The van der Waals surface area contributed by atoms with Crippen LogP contribution in [0.25, 0.3) is 11.5 Å². The van der Waals surface area contributed by atoms with Gasteiger partial charge in [-0.25, -0.2) is 0 Å². The topological polar surface area (TPSA) is 90.1 Å². The van der Waals surface area contributed by atoms with Gasteiger partial charge in [-0.05, 0) is 30.3 Å². The van der Waals surface area contributed by atoms with Crippen LogP contribution < -0.4 is 10.1 Å². The number of rotatable bonds is 6. The van der Waals surface area contributed by atoms with E-state index in [1.54, 1.807) is 36.7 Å². The van der Waals surface area contributed by atoms with Gasteiger partial charge in [0.05, 0.1) is 11.6 Å². The third-order valence-corrected chi connectivity index (χ3v) is 3.61. The molecule has 2 heterocycles. The second-order valence-corrected chi connectivity index (χ2v) is 5.72. The summed E-state index contributed by atoms with van der Waals surface area (Å²) in [6.45, 7) is -0.110. The van der Waals surface area contributed by atoms with Crippen LogP contribution in [0.1, 0.15) is 5.89 Å². The highest BCUT2D eigenvalue weighted by Crippen LogP contribution is 2.27. The fourth-order valence-corrected chi connectivity index (χ4v) is 2.36. The number of aromatic nitrogens is 3. The second kappa shape index (κ2) is 7.96. The Hall–Kier alpha value is -2.64. The van der Waals surface area contributed by atoms with Crippen LogP contribution in [0, 0.1) is 0 Å². The predicted molar refractivity (Wildman–Crippen MR) is 91.3 cm³/mol. The Morgan fingerprint density at radius 3 is 2.72 bits per heavy atom. The van der Waals surface area contributed by atoms with E-state index in [0.29, 0.717) is 21.7 Å². The molecule has 0 unspecified atom stereocenters. The molecule has 25 heavy (non-hydrogen) atoms. The zero-order valence-corrected chi connectivity index (χ0v) is 14.3. The number of carbonyl (C=O) groups excluding carboxylic acids is 1. The summed E-state index contributed by atoms with van der Waals surface area (Å²) in [5.74, 6) is 0.661. The van der Waals surface area contributed by atoms with Crippen molar-refractivity contribution < 1.29 is 13.9 Å². The molecule has 1 amide bonds. The van der Waals surface area contributed by atoms with Crippen LogP contribution in [0.15, 0.2) is 47.1 Å². The molecule has 0 spiro atoms. The van der Waals surface area contributed by atoms with Gasteiger partial charge in [0.15, 0.2) is 6.61 Å². The molecule has 0 radical (unpaired) electrons. The highest BCUT2D eigenvalue weighted by atomic mass is 35.5. The van der Waals surface area contributed by atoms with Crippen molar-refractivity contribution in [2.75, 3.05) is 6.61 Å². The fraction of sp³-hybridized carbons (Fsp3) is 0.125. The molecule has 0 bridgehead atoms. The number of pyridine rings is 1. The molecule has 1 N–H and O–H groups in total. The average molecular weight is 379 g/mol. The van der Waals surface area contributed by atoms with Crippen molar-refractivity contribution in [1.82, 2.24) is 20.5 Å². The Labute approximate surface area is 152 Å². The lowest BCUT2D eigenvalue weighted by atomic mass is 10.3. The van der Waals surface area contributed by atoms with Crippen LogP contribution >= 0.6 is 23.2 Å². The molecule has 0 aliphatic carbocycles. The number of nitrogens with one attached hydrogen (secondary N) is 1. The van der Waals surface area contributed by atoms with Gasteiger partial charge >= 0.3 is 0 Å². The minimum absolute atomic E-state index is 0.0919. The molecule has 0 saturated heterocycles. The molecule has 0 aliphatic rings. The van der Waals surface area contributed by atoms with Crippen LogP contribution in [0.5, 0.6) is 5.75 Å². The van der Waals surface area contributed by atoms with Crippen molar-refractivity contribution in [3.8, 4) is 17.2 Å². The summed E-state index contributed by atoms with van der Waals surface area (Å²) in [4.78, 5) is 15.8. The monoisotopic (exact) mass is 378 g/mol. The second-order valence-electron chi connectivity index (χ2n) is 4.88.